The summed E-state index contributed by atoms with van der Waals surface area (Å²) in [4.78, 5) is 5.00. The molecule has 0 aliphatic rings. The minimum atomic E-state index is -0.0528. The molecule has 7 aromatic heterocycles. The molecule has 109 heavy (non-hydrogen) atoms. The maximum absolute atomic E-state index is 7.68. The second-order valence-corrected chi connectivity index (χ2v) is 33.7. The number of hydrogen-bond acceptors (Lipinski definition) is 6. The first-order chi connectivity index (χ1) is 53.2. The fourth-order valence-corrected chi connectivity index (χ4v) is 21.5. The van der Waals surface area contributed by atoms with Crippen molar-refractivity contribution in [3.63, 3.8) is 0 Å². The first-order valence-corrected chi connectivity index (χ1v) is 39.8. The van der Waals surface area contributed by atoms with E-state index < -0.39 is 0 Å². The number of fused-ring (bicyclic) bond motifs is 24. The molecule has 7 heterocycles. The van der Waals surface area contributed by atoms with Gasteiger partial charge in [0.15, 0.2) is 11.2 Å². The van der Waals surface area contributed by atoms with Gasteiger partial charge in [-0.05, 0) is 167 Å². The smallest absolute Gasteiger partial charge is 0.160 e. The number of aryl methyl sites for hydroxylation is 2. The molecule has 0 N–H and O–H groups in total. The Labute approximate surface area is 637 Å². The number of benzene rings is 15. The van der Waals surface area contributed by atoms with Crippen LogP contribution in [0.3, 0.4) is 0 Å². The van der Waals surface area contributed by atoms with Crippen LogP contribution in [0.15, 0.2) is 294 Å². The molecule has 0 fully saturated rings. The topological polar surface area (TPSA) is 47.6 Å². The zero-order valence-electron chi connectivity index (χ0n) is 61.9. The molecule has 0 radical (unpaired) electrons. The van der Waals surface area contributed by atoms with Crippen molar-refractivity contribution in [1.82, 2.24) is 13.7 Å². The molecule has 0 aliphatic heterocycles. The standard InChI is InChI=1S/C100H75N5O2S2/c1-9-101-79-36-17-13-27-67(79)75-52-61(46-50-81(75)101)103(63-44-48-69-71-32-22-34-77(99(3,4)5)97(71)108-89(69)54-63)85-56-83-93(91-73-29-15-19-38-87(73)106-95(85)91)94-84(105(83)60-42-40-59(41-43-60)66-31-21-25-58-24-11-12-26-65(58)66)57-86(96-92(94)74-30-16-20-39-88(74)107-96)104(62-47-51-82-76(53-62)68-28-14-18-37-80(68)102(82)10-2)64-45-49-70-72-33-23-35-78(100(6,7)8)98(72)109-90(70)55-64/h11-57H,9-10H2,1-8H3. The van der Waals surface area contributed by atoms with Crippen LogP contribution in [0.25, 0.3) is 177 Å². The molecule has 0 spiro atoms. The number of rotatable bonds is 10. The molecule has 9 heteroatoms. The molecule has 0 bridgehead atoms. The van der Waals surface area contributed by atoms with Crippen LogP contribution in [0, 0.1) is 0 Å². The molecule has 524 valence electrons. The van der Waals surface area contributed by atoms with Gasteiger partial charge in [-0.2, -0.15) is 0 Å². The zero-order valence-corrected chi connectivity index (χ0v) is 63.6. The predicted molar refractivity (Wildman–Crippen MR) is 468 cm³/mol. The molecule has 0 unspecified atom stereocenters. The summed E-state index contributed by atoms with van der Waals surface area (Å²) in [6.45, 7) is 20.2. The Kier molecular flexibility index (Phi) is 13.8. The number of furan rings is 2. The molecule has 0 saturated carbocycles. The van der Waals surface area contributed by atoms with E-state index >= 15 is 0 Å². The summed E-state index contributed by atoms with van der Waals surface area (Å²) in [6, 6.07) is 107. The maximum Gasteiger partial charge on any atom is 0.160 e. The summed E-state index contributed by atoms with van der Waals surface area (Å²) >= 11 is 3.80. The van der Waals surface area contributed by atoms with Gasteiger partial charge in [0, 0.05) is 158 Å². The van der Waals surface area contributed by atoms with Crippen molar-refractivity contribution < 1.29 is 8.83 Å². The third kappa shape index (κ3) is 9.39. The second kappa shape index (κ2) is 23.6. The molecule has 0 amide bonds. The number of hydrogen-bond donors (Lipinski definition) is 0. The molecular formula is C100H75N5O2S2. The van der Waals surface area contributed by atoms with Crippen molar-refractivity contribution in [3.05, 3.63) is 296 Å². The molecular weight excluding hydrogens is 1370 g/mol. The van der Waals surface area contributed by atoms with E-state index in [1.807, 2.05) is 22.7 Å². The van der Waals surface area contributed by atoms with Gasteiger partial charge in [-0.15, -0.1) is 22.7 Å². The van der Waals surface area contributed by atoms with Gasteiger partial charge in [-0.3, -0.25) is 0 Å². The van der Waals surface area contributed by atoms with Crippen molar-refractivity contribution >= 4 is 217 Å². The Morgan fingerprint density at radius 3 is 1.21 bits per heavy atom. The summed E-state index contributed by atoms with van der Waals surface area (Å²) in [5.41, 5.74) is 22.0. The monoisotopic (exact) mass is 1440 g/mol. The second-order valence-electron chi connectivity index (χ2n) is 31.6. The van der Waals surface area contributed by atoms with Gasteiger partial charge in [-0.1, -0.05) is 217 Å². The van der Waals surface area contributed by atoms with Crippen molar-refractivity contribution in [2.75, 3.05) is 9.80 Å². The average Bonchev–Trinajstić information content (AvgIpc) is 1.52. The van der Waals surface area contributed by atoms with E-state index in [1.165, 1.54) is 111 Å². The molecule has 22 aromatic rings. The van der Waals surface area contributed by atoms with Crippen molar-refractivity contribution in [2.45, 2.75) is 79.3 Å². The maximum atomic E-state index is 7.68. The first-order valence-electron chi connectivity index (χ1n) is 38.1. The lowest BCUT2D eigenvalue weighted by Crippen LogP contribution is -2.11. The average molecular weight is 1440 g/mol. The Bertz CT molecular complexity index is 7230. The number of anilines is 6. The number of aromatic nitrogens is 3. The van der Waals surface area contributed by atoms with E-state index in [2.05, 4.69) is 364 Å². The van der Waals surface area contributed by atoms with Crippen LogP contribution >= 0.6 is 22.7 Å². The van der Waals surface area contributed by atoms with Crippen LogP contribution in [0.2, 0.25) is 0 Å². The van der Waals surface area contributed by atoms with Crippen LogP contribution in [-0.4, -0.2) is 13.7 Å². The number of thiophene rings is 2. The Hall–Kier alpha value is -12.4. The summed E-state index contributed by atoms with van der Waals surface area (Å²) in [6.07, 6.45) is 0. The molecule has 0 atom stereocenters. The molecule has 15 aromatic carbocycles. The van der Waals surface area contributed by atoms with Gasteiger partial charge in [0.2, 0.25) is 0 Å². The van der Waals surface area contributed by atoms with Gasteiger partial charge >= 0.3 is 0 Å². The predicted octanol–water partition coefficient (Wildman–Crippen LogP) is 29.9. The van der Waals surface area contributed by atoms with Crippen molar-refractivity contribution in [3.8, 4) is 16.8 Å². The highest BCUT2D eigenvalue weighted by molar-refractivity contribution is 7.26. The molecule has 7 nitrogen and oxygen atoms in total. The van der Waals surface area contributed by atoms with E-state index in [0.29, 0.717) is 0 Å². The molecule has 0 aliphatic carbocycles. The lowest BCUT2D eigenvalue weighted by molar-refractivity contribution is 0.596. The van der Waals surface area contributed by atoms with Gasteiger partial charge in [0.1, 0.15) is 11.2 Å². The fourth-order valence-electron chi connectivity index (χ4n) is 18.5. The van der Waals surface area contributed by atoms with Gasteiger partial charge in [-0.25, -0.2) is 0 Å². The third-order valence-electron chi connectivity index (χ3n) is 23.4. The zero-order chi connectivity index (χ0) is 73.0. The Balaban J connectivity index is 0.895. The fraction of sp³-hybridized carbons (Fsp3) is 0.120. The SMILES string of the molecule is CCn1c2ccccc2c2cc(N(c3ccc4c(c3)sc3c(C(C)(C)C)cccc34)c3cc4c(c5c3oc3ccccc35)c3c5c(oc6ccccc65)c(N(c5ccc6c(c5)sc5c(C(C)(C)C)cccc56)c5ccc6c(c5)c5ccccc5n6CC)cc3n4-c3ccc(-c4cccc5ccccc45)cc3)ccc21. The van der Waals surface area contributed by atoms with E-state index in [4.69, 9.17) is 8.83 Å². The largest absolute Gasteiger partial charge is 0.454 e. The quantitative estimate of drug-likeness (QED) is 0.137. The summed E-state index contributed by atoms with van der Waals surface area (Å²) in [5, 5.41) is 18.6. The highest BCUT2D eigenvalue weighted by atomic mass is 32.1. The van der Waals surface area contributed by atoms with E-state index in [1.54, 1.807) is 0 Å². The van der Waals surface area contributed by atoms with Crippen LogP contribution < -0.4 is 9.80 Å². The van der Waals surface area contributed by atoms with Crippen molar-refractivity contribution in [2.24, 2.45) is 0 Å². The lowest BCUT2D eigenvalue weighted by atomic mass is 9.86. The molecule has 0 saturated heterocycles. The van der Waals surface area contributed by atoms with Crippen LogP contribution in [-0.2, 0) is 23.9 Å². The van der Waals surface area contributed by atoms with E-state index in [9.17, 15) is 0 Å². The number of para-hydroxylation sites is 4. The van der Waals surface area contributed by atoms with E-state index in [0.717, 1.165) is 124 Å². The number of nitrogens with zero attached hydrogens (tertiary/aromatic N) is 5. The molecule has 22 rings (SSSR count). The highest BCUT2D eigenvalue weighted by Gasteiger charge is 2.33. The van der Waals surface area contributed by atoms with E-state index in [-0.39, 0.29) is 10.8 Å². The summed E-state index contributed by atoms with van der Waals surface area (Å²) < 4.78 is 27.9. The van der Waals surface area contributed by atoms with Gasteiger partial charge < -0.3 is 32.3 Å². The minimum absolute atomic E-state index is 0.0528. The summed E-state index contributed by atoms with van der Waals surface area (Å²) in [5.74, 6) is 0. The highest BCUT2D eigenvalue weighted by Crippen LogP contribution is 2.56. The first kappa shape index (κ1) is 63.8. The van der Waals surface area contributed by atoms with Gasteiger partial charge in [0.05, 0.1) is 22.4 Å². The Morgan fingerprint density at radius 2 is 0.725 bits per heavy atom. The van der Waals surface area contributed by atoms with Crippen LogP contribution in [0.1, 0.15) is 66.5 Å². The lowest BCUT2D eigenvalue weighted by Gasteiger charge is -2.26. The third-order valence-corrected chi connectivity index (χ3v) is 25.8. The normalized spacial score (nSPS) is 12.7. The minimum Gasteiger partial charge on any atom is -0.454 e. The summed E-state index contributed by atoms with van der Waals surface area (Å²) in [7, 11) is 0. The van der Waals surface area contributed by atoms with Gasteiger partial charge in [0.25, 0.3) is 0 Å². The van der Waals surface area contributed by atoms with Crippen LogP contribution in [0.4, 0.5) is 34.1 Å². The van der Waals surface area contributed by atoms with Crippen molar-refractivity contribution in [1.29, 1.82) is 0 Å². The Morgan fingerprint density at radius 1 is 0.321 bits per heavy atom. The van der Waals surface area contributed by atoms with Crippen LogP contribution in [0.5, 0.6) is 0 Å².